The molecule has 1 aromatic heterocycles. The van der Waals surface area contributed by atoms with E-state index >= 15 is 0 Å². The highest BCUT2D eigenvalue weighted by atomic mass is 79.9. The van der Waals surface area contributed by atoms with Gasteiger partial charge in [0.25, 0.3) is 5.56 Å². The first-order valence-electron chi connectivity index (χ1n) is 11.6. The fourth-order valence-corrected chi connectivity index (χ4v) is 4.66. The molecule has 0 spiro atoms. The van der Waals surface area contributed by atoms with Crippen LogP contribution in [0.4, 0.5) is 10.2 Å². The monoisotopic (exact) mass is 563 g/mol. The van der Waals surface area contributed by atoms with Crippen LogP contribution in [-0.2, 0) is 12.1 Å². The molecule has 37 heavy (non-hydrogen) atoms. The number of anilines is 1. The average molecular weight is 564 g/mol. The lowest BCUT2D eigenvalue weighted by Crippen LogP contribution is -2.29. The molecule has 9 heteroatoms. The standard InChI is InChI=1S/C28H23BrFN3O4/c1-17-7-8-19(27(35)36)13-22(17)33-15-24(29)31-25(26(33)34)32-28(11-12-28)21-14-20(30)9-10-23(21)37-16-18-5-3-2-4-6-18/h2-10,13-15H,11-12,16H2,1H3,(H,31,32)(H,35,36). The molecular formula is C28H23BrFN3O4. The van der Waals surface area contributed by atoms with Gasteiger partial charge in [-0.2, -0.15) is 0 Å². The fourth-order valence-electron chi connectivity index (χ4n) is 4.28. The molecule has 7 nitrogen and oxygen atoms in total. The van der Waals surface area contributed by atoms with Gasteiger partial charge in [-0.05, 0) is 77.2 Å². The van der Waals surface area contributed by atoms with Crippen molar-refractivity contribution in [3.63, 3.8) is 0 Å². The van der Waals surface area contributed by atoms with Crippen molar-refractivity contribution < 1.29 is 19.0 Å². The summed E-state index contributed by atoms with van der Waals surface area (Å²) in [7, 11) is 0. The number of carboxylic acids is 1. The van der Waals surface area contributed by atoms with E-state index in [1.54, 1.807) is 19.1 Å². The Kier molecular flexibility index (Phi) is 6.55. The molecule has 0 saturated heterocycles. The Morgan fingerprint density at radius 1 is 1.16 bits per heavy atom. The van der Waals surface area contributed by atoms with Crippen LogP contribution in [0.1, 0.15) is 39.9 Å². The van der Waals surface area contributed by atoms with Crippen LogP contribution >= 0.6 is 15.9 Å². The van der Waals surface area contributed by atoms with Crippen molar-refractivity contribution in [2.45, 2.75) is 31.9 Å². The zero-order valence-corrected chi connectivity index (χ0v) is 21.5. The minimum Gasteiger partial charge on any atom is -0.489 e. The third-order valence-corrected chi connectivity index (χ3v) is 6.78. The molecule has 0 radical (unpaired) electrons. The summed E-state index contributed by atoms with van der Waals surface area (Å²) in [4.78, 5) is 29.4. The maximum Gasteiger partial charge on any atom is 0.335 e. The first-order valence-corrected chi connectivity index (χ1v) is 12.4. The number of carbonyl (C=O) groups is 1. The maximum atomic E-state index is 14.4. The number of rotatable bonds is 8. The van der Waals surface area contributed by atoms with Crippen molar-refractivity contribution in [2.75, 3.05) is 5.32 Å². The largest absolute Gasteiger partial charge is 0.489 e. The SMILES string of the molecule is Cc1ccc(C(=O)O)cc1-n1cc(Br)nc(NC2(c3cc(F)ccc3OCc3ccccc3)CC2)c1=O. The van der Waals surface area contributed by atoms with Gasteiger partial charge in [-0.3, -0.25) is 9.36 Å². The highest BCUT2D eigenvalue weighted by molar-refractivity contribution is 9.10. The molecule has 5 rings (SSSR count). The summed E-state index contributed by atoms with van der Waals surface area (Å²) in [5.41, 5.74) is 1.62. The van der Waals surface area contributed by atoms with Crippen molar-refractivity contribution >= 4 is 27.7 Å². The van der Waals surface area contributed by atoms with Crippen molar-refractivity contribution in [1.29, 1.82) is 0 Å². The molecule has 1 heterocycles. The van der Waals surface area contributed by atoms with Crippen LogP contribution in [0.3, 0.4) is 0 Å². The number of nitrogens with zero attached hydrogens (tertiary/aromatic N) is 2. The molecule has 188 valence electrons. The van der Waals surface area contributed by atoms with Gasteiger partial charge in [0.1, 0.15) is 22.8 Å². The molecule has 1 fully saturated rings. The molecule has 1 aliphatic carbocycles. The molecule has 0 aliphatic heterocycles. The molecule has 1 saturated carbocycles. The maximum absolute atomic E-state index is 14.4. The smallest absolute Gasteiger partial charge is 0.335 e. The van der Waals surface area contributed by atoms with Crippen LogP contribution in [0, 0.1) is 12.7 Å². The highest BCUT2D eigenvalue weighted by Gasteiger charge is 2.47. The summed E-state index contributed by atoms with van der Waals surface area (Å²) in [5, 5.41) is 12.7. The number of aryl methyl sites for hydroxylation is 1. The zero-order chi connectivity index (χ0) is 26.2. The topological polar surface area (TPSA) is 93.4 Å². The lowest BCUT2D eigenvalue weighted by Gasteiger charge is -2.22. The quantitative estimate of drug-likeness (QED) is 0.280. The highest BCUT2D eigenvalue weighted by Crippen LogP contribution is 2.51. The first kappa shape index (κ1) is 24.7. The molecule has 2 N–H and O–H groups in total. The number of aromatic nitrogens is 2. The molecule has 0 bridgehead atoms. The molecule has 4 aromatic rings. The van der Waals surface area contributed by atoms with Crippen LogP contribution < -0.4 is 15.6 Å². The lowest BCUT2D eigenvalue weighted by atomic mass is 10.0. The van der Waals surface area contributed by atoms with E-state index in [1.807, 2.05) is 30.3 Å². The van der Waals surface area contributed by atoms with Gasteiger partial charge >= 0.3 is 5.97 Å². The molecular weight excluding hydrogens is 541 g/mol. The Labute approximate surface area is 220 Å². The second kappa shape index (κ2) is 9.82. The Balaban J connectivity index is 1.51. The molecule has 1 aliphatic rings. The minimum atomic E-state index is -1.09. The summed E-state index contributed by atoms with van der Waals surface area (Å²) in [6.45, 7) is 2.11. The van der Waals surface area contributed by atoms with E-state index in [0.717, 1.165) is 11.1 Å². The zero-order valence-electron chi connectivity index (χ0n) is 19.9. The van der Waals surface area contributed by atoms with Crippen LogP contribution in [0.25, 0.3) is 5.69 Å². The van der Waals surface area contributed by atoms with Gasteiger partial charge in [0.15, 0.2) is 5.82 Å². The summed E-state index contributed by atoms with van der Waals surface area (Å²) in [6.07, 6.45) is 2.80. The Bertz CT molecular complexity index is 1550. The van der Waals surface area contributed by atoms with Crippen molar-refractivity contribution in [1.82, 2.24) is 9.55 Å². The van der Waals surface area contributed by atoms with E-state index < -0.39 is 22.9 Å². The van der Waals surface area contributed by atoms with E-state index in [-0.39, 0.29) is 11.4 Å². The van der Waals surface area contributed by atoms with E-state index in [9.17, 15) is 19.1 Å². The summed E-state index contributed by atoms with van der Waals surface area (Å²) >= 11 is 3.37. The third kappa shape index (κ3) is 5.13. The molecule has 0 atom stereocenters. The van der Waals surface area contributed by atoms with Crippen LogP contribution in [0.5, 0.6) is 5.75 Å². The number of hydrogen-bond donors (Lipinski definition) is 2. The Hall–Kier alpha value is -3.98. The van der Waals surface area contributed by atoms with Gasteiger partial charge in [0.2, 0.25) is 0 Å². The normalized spacial score (nSPS) is 13.7. The van der Waals surface area contributed by atoms with E-state index in [0.29, 0.717) is 41.1 Å². The second-order valence-corrected chi connectivity index (χ2v) is 9.83. The number of nitrogens with one attached hydrogen (secondary N) is 1. The van der Waals surface area contributed by atoms with Gasteiger partial charge < -0.3 is 15.2 Å². The number of ether oxygens (including phenoxy) is 1. The Morgan fingerprint density at radius 3 is 2.62 bits per heavy atom. The second-order valence-electron chi connectivity index (χ2n) is 9.02. The predicted octanol–water partition coefficient (Wildman–Crippen LogP) is 5.82. The summed E-state index contributed by atoms with van der Waals surface area (Å²) < 4.78 is 22.2. The number of aromatic carboxylic acids is 1. The van der Waals surface area contributed by atoms with Gasteiger partial charge in [0, 0.05) is 11.8 Å². The van der Waals surface area contributed by atoms with Crippen molar-refractivity contribution in [3.8, 4) is 11.4 Å². The minimum absolute atomic E-state index is 0.0604. The fraction of sp³-hybridized carbons (Fsp3) is 0.179. The van der Waals surface area contributed by atoms with Crippen molar-refractivity contribution in [3.05, 3.63) is 116 Å². The molecule has 0 amide bonds. The number of benzene rings is 3. The number of carboxylic acid groups (broad SMARTS) is 1. The van der Waals surface area contributed by atoms with Crippen LogP contribution in [-0.4, -0.2) is 20.6 Å². The van der Waals surface area contributed by atoms with Crippen molar-refractivity contribution in [2.24, 2.45) is 0 Å². The van der Waals surface area contributed by atoms with Crippen LogP contribution in [0.2, 0.25) is 0 Å². The number of hydrogen-bond acceptors (Lipinski definition) is 5. The average Bonchev–Trinajstić information content (AvgIpc) is 3.66. The van der Waals surface area contributed by atoms with Gasteiger partial charge in [-0.1, -0.05) is 36.4 Å². The van der Waals surface area contributed by atoms with Gasteiger partial charge in [0.05, 0.1) is 16.8 Å². The van der Waals surface area contributed by atoms with E-state index in [1.165, 1.54) is 35.0 Å². The first-order chi connectivity index (χ1) is 17.8. The molecule has 3 aromatic carbocycles. The summed E-state index contributed by atoms with van der Waals surface area (Å²) in [6, 6.07) is 18.6. The third-order valence-electron chi connectivity index (χ3n) is 6.39. The van der Waals surface area contributed by atoms with E-state index in [4.69, 9.17) is 4.74 Å². The Morgan fingerprint density at radius 2 is 1.92 bits per heavy atom. The number of halogens is 2. The predicted molar refractivity (Wildman–Crippen MR) is 141 cm³/mol. The molecule has 0 unspecified atom stereocenters. The van der Waals surface area contributed by atoms with Crippen LogP contribution in [0.15, 0.2) is 82.3 Å². The summed E-state index contributed by atoms with van der Waals surface area (Å²) in [5.74, 6) is -0.913. The lowest BCUT2D eigenvalue weighted by molar-refractivity contribution is 0.0697. The van der Waals surface area contributed by atoms with E-state index in [2.05, 4.69) is 26.2 Å². The van der Waals surface area contributed by atoms with Gasteiger partial charge in [-0.15, -0.1) is 0 Å². The van der Waals surface area contributed by atoms with Gasteiger partial charge in [-0.25, -0.2) is 14.2 Å².